The number of para-hydroxylation sites is 2. The van der Waals surface area contributed by atoms with Gasteiger partial charge in [0.25, 0.3) is 0 Å². The molecule has 6 heteroatoms. The molecule has 3 amide bonds. The van der Waals surface area contributed by atoms with Crippen molar-refractivity contribution in [2.24, 2.45) is 5.92 Å². The molecule has 0 aliphatic carbocycles. The summed E-state index contributed by atoms with van der Waals surface area (Å²) in [4.78, 5) is 29.6. The maximum Gasteiger partial charge on any atom is 0.322 e. The van der Waals surface area contributed by atoms with E-state index >= 15 is 0 Å². The SMILES string of the molecule is COc1ccccc1NC(=O)N(CC(=O)N1CCc2ccccc2C1C)CC(C)C. The maximum atomic E-state index is 13.2. The van der Waals surface area contributed by atoms with Gasteiger partial charge in [0.2, 0.25) is 5.91 Å². The summed E-state index contributed by atoms with van der Waals surface area (Å²) in [5.41, 5.74) is 3.07. The Morgan fingerprint density at radius 3 is 2.60 bits per heavy atom. The molecular weight excluding hydrogens is 378 g/mol. The topological polar surface area (TPSA) is 61.9 Å². The Bertz CT molecular complexity index is 897. The lowest BCUT2D eigenvalue weighted by Gasteiger charge is -2.37. The minimum atomic E-state index is -0.299. The highest BCUT2D eigenvalue weighted by Gasteiger charge is 2.29. The van der Waals surface area contributed by atoms with Crippen molar-refractivity contribution in [2.75, 3.05) is 32.1 Å². The van der Waals surface area contributed by atoms with Crippen LogP contribution in [0.15, 0.2) is 48.5 Å². The van der Waals surface area contributed by atoms with Crippen LogP contribution in [0.3, 0.4) is 0 Å². The van der Waals surface area contributed by atoms with Crippen LogP contribution in [0.4, 0.5) is 10.5 Å². The number of fused-ring (bicyclic) bond motifs is 1. The van der Waals surface area contributed by atoms with Crippen LogP contribution in [0.2, 0.25) is 0 Å². The number of hydrogen-bond acceptors (Lipinski definition) is 3. The van der Waals surface area contributed by atoms with Gasteiger partial charge in [0.1, 0.15) is 12.3 Å². The van der Waals surface area contributed by atoms with E-state index in [1.807, 2.05) is 43.0 Å². The second-order valence-corrected chi connectivity index (χ2v) is 8.12. The highest BCUT2D eigenvalue weighted by Crippen LogP contribution is 2.29. The second kappa shape index (κ2) is 9.65. The van der Waals surface area contributed by atoms with Gasteiger partial charge < -0.3 is 19.9 Å². The third-order valence-electron chi connectivity index (χ3n) is 5.46. The highest BCUT2D eigenvalue weighted by atomic mass is 16.5. The van der Waals surface area contributed by atoms with Crippen molar-refractivity contribution in [2.45, 2.75) is 33.2 Å². The lowest BCUT2D eigenvalue weighted by Crippen LogP contribution is -2.48. The van der Waals surface area contributed by atoms with Gasteiger partial charge in [0.15, 0.2) is 0 Å². The van der Waals surface area contributed by atoms with Crippen LogP contribution in [0.1, 0.15) is 37.9 Å². The fourth-order valence-corrected chi connectivity index (χ4v) is 3.97. The van der Waals surface area contributed by atoms with Gasteiger partial charge in [0.05, 0.1) is 18.8 Å². The highest BCUT2D eigenvalue weighted by molar-refractivity contribution is 5.93. The summed E-state index contributed by atoms with van der Waals surface area (Å²) in [5.74, 6) is 0.788. The van der Waals surface area contributed by atoms with Gasteiger partial charge in [-0.2, -0.15) is 0 Å². The van der Waals surface area contributed by atoms with Crippen molar-refractivity contribution >= 4 is 17.6 Å². The molecule has 0 radical (unpaired) electrons. The zero-order chi connectivity index (χ0) is 21.7. The van der Waals surface area contributed by atoms with Gasteiger partial charge in [-0.3, -0.25) is 4.79 Å². The zero-order valence-electron chi connectivity index (χ0n) is 18.2. The van der Waals surface area contributed by atoms with E-state index in [0.29, 0.717) is 24.5 Å². The van der Waals surface area contributed by atoms with Crippen LogP contribution in [-0.4, -0.2) is 48.5 Å². The summed E-state index contributed by atoms with van der Waals surface area (Å²) in [7, 11) is 1.57. The molecule has 1 aliphatic heterocycles. The van der Waals surface area contributed by atoms with Crippen LogP contribution in [0.5, 0.6) is 5.75 Å². The van der Waals surface area contributed by atoms with Crippen LogP contribution in [0, 0.1) is 5.92 Å². The number of carbonyl (C=O) groups excluding carboxylic acids is 2. The van der Waals surface area contributed by atoms with E-state index in [2.05, 4.69) is 24.4 Å². The van der Waals surface area contributed by atoms with Gasteiger partial charge >= 0.3 is 6.03 Å². The normalized spacial score (nSPS) is 15.5. The molecule has 1 N–H and O–H groups in total. The van der Waals surface area contributed by atoms with E-state index in [9.17, 15) is 9.59 Å². The molecule has 30 heavy (non-hydrogen) atoms. The number of hydrogen-bond donors (Lipinski definition) is 1. The molecule has 160 valence electrons. The standard InChI is InChI=1S/C24H31N3O3/c1-17(2)15-26(24(29)25-21-11-7-8-12-22(21)30-4)16-23(28)27-14-13-19-9-5-6-10-20(19)18(27)3/h5-12,17-18H,13-16H2,1-4H3,(H,25,29). The average molecular weight is 410 g/mol. The number of nitrogens with one attached hydrogen (secondary N) is 1. The number of rotatable bonds is 6. The van der Waals surface area contributed by atoms with Crippen LogP contribution in [-0.2, 0) is 11.2 Å². The number of urea groups is 1. The molecule has 1 unspecified atom stereocenters. The van der Waals surface area contributed by atoms with E-state index in [0.717, 1.165) is 6.42 Å². The predicted octanol–water partition coefficient (Wildman–Crippen LogP) is 4.33. The van der Waals surface area contributed by atoms with Crippen molar-refractivity contribution < 1.29 is 14.3 Å². The minimum absolute atomic E-state index is 0.000582. The summed E-state index contributed by atoms with van der Waals surface area (Å²) in [6.45, 7) is 7.33. The average Bonchev–Trinajstić information content (AvgIpc) is 2.73. The molecule has 2 aromatic carbocycles. The summed E-state index contributed by atoms with van der Waals surface area (Å²) in [6.07, 6.45) is 0.837. The summed E-state index contributed by atoms with van der Waals surface area (Å²) < 4.78 is 5.32. The molecule has 1 atom stereocenters. The molecule has 1 heterocycles. The fraction of sp³-hybridized carbons (Fsp3) is 0.417. The number of methoxy groups -OCH3 is 1. The van der Waals surface area contributed by atoms with Crippen LogP contribution in [0.25, 0.3) is 0 Å². The first-order valence-electron chi connectivity index (χ1n) is 10.5. The van der Waals surface area contributed by atoms with E-state index in [-0.39, 0.29) is 30.4 Å². The molecule has 0 fully saturated rings. The van der Waals surface area contributed by atoms with Crippen molar-refractivity contribution in [1.82, 2.24) is 9.80 Å². The minimum Gasteiger partial charge on any atom is -0.495 e. The van der Waals surface area contributed by atoms with Gasteiger partial charge in [-0.15, -0.1) is 0 Å². The number of ether oxygens (including phenoxy) is 1. The number of benzene rings is 2. The van der Waals surface area contributed by atoms with E-state index in [1.54, 1.807) is 24.1 Å². The zero-order valence-corrected chi connectivity index (χ0v) is 18.2. The Hall–Kier alpha value is -3.02. The van der Waals surface area contributed by atoms with Gasteiger partial charge in [-0.1, -0.05) is 50.2 Å². The lowest BCUT2D eigenvalue weighted by molar-refractivity contribution is -0.134. The first kappa shape index (κ1) is 21.7. The Labute approximate surface area is 178 Å². The van der Waals surface area contributed by atoms with Crippen LogP contribution < -0.4 is 10.1 Å². The van der Waals surface area contributed by atoms with E-state index in [4.69, 9.17) is 4.74 Å². The van der Waals surface area contributed by atoms with Crippen LogP contribution >= 0.6 is 0 Å². The largest absolute Gasteiger partial charge is 0.495 e. The van der Waals surface area contributed by atoms with Crippen molar-refractivity contribution in [3.63, 3.8) is 0 Å². The molecule has 1 aliphatic rings. The first-order chi connectivity index (χ1) is 14.4. The molecule has 0 bridgehead atoms. The monoisotopic (exact) mass is 409 g/mol. The summed E-state index contributed by atoms with van der Waals surface area (Å²) in [6, 6.07) is 15.2. The molecule has 3 rings (SSSR count). The molecule has 0 spiro atoms. The van der Waals surface area contributed by atoms with Crippen molar-refractivity contribution in [1.29, 1.82) is 0 Å². The molecule has 6 nitrogen and oxygen atoms in total. The molecule has 0 saturated carbocycles. The van der Waals surface area contributed by atoms with E-state index in [1.165, 1.54) is 11.1 Å². The third-order valence-corrected chi connectivity index (χ3v) is 5.46. The summed E-state index contributed by atoms with van der Waals surface area (Å²) >= 11 is 0. The lowest BCUT2D eigenvalue weighted by atomic mass is 9.93. The van der Waals surface area contributed by atoms with Gasteiger partial charge in [-0.25, -0.2) is 4.79 Å². The van der Waals surface area contributed by atoms with E-state index < -0.39 is 0 Å². The Kier molecular flexibility index (Phi) is 6.98. The number of anilines is 1. The molecular formula is C24H31N3O3. The Morgan fingerprint density at radius 1 is 1.17 bits per heavy atom. The summed E-state index contributed by atoms with van der Waals surface area (Å²) in [5, 5.41) is 2.89. The van der Waals surface area contributed by atoms with Gasteiger partial charge in [-0.05, 0) is 42.5 Å². The second-order valence-electron chi connectivity index (χ2n) is 8.12. The Balaban J connectivity index is 1.73. The quantitative estimate of drug-likeness (QED) is 0.772. The van der Waals surface area contributed by atoms with Crippen molar-refractivity contribution in [3.05, 3.63) is 59.7 Å². The molecule has 0 aromatic heterocycles. The van der Waals surface area contributed by atoms with Crippen molar-refractivity contribution in [3.8, 4) is 5.75 Å². The molecule has 0 saturated heterocycles. The molecule has 2 aromatic rings. The number of amides is 3. The van der Waals surface area contributed by atoms with Gasteiger partial charge in [0, 0.05) is 13.1 Å². The number of carbonyl (C=O) groups is 2. The third kappa shape index (κ3) is 4.93. The smallest absolute Gasteiger partial charge is 0.322 e. The maximum absolute atomic E-state index is 13.2. The Morgan fingerprint density at radius 2 is 1.87 bits per heavy atom. The predicted molar refractivity (Wildman–Crippen MR) is 119 cm³/mol. The fourth-order valence-electron chi connectivity index (χ4n) is 3.97. The number of nitrogens with zero attached hydrogens (tertiary/aromatic N) is 2. The first-order valence-corrected chi connectivity index (χ1v) is 10.5.